The molecule has 0 amide bonds. The van der Waals surface area contributed by atoms with Gasteiger partial charge in [0.25, 0.3) is 0 Å². The van der Waals surface area contributed by atoms with E-state index in [4.69, 9.17) is 10.5 Å². The topological polar surface area (TPSA) is 85.1 Å². The van der Waals surface area contributed by atoms with Gasteiger partial charge < -0.3 is 21.1 Å². The Bertz CT molecular complexity index is 732. The molecule has 1 aromatic carbocycles. The summed E-state index contributed by atoms with van der Waals surface area (Å²) in [4.78, 5) is 7.70. The molecule has 1 aliphatic rings. The van der Waals surface area contributed by atoms with E-state index in [-0.39, 0.29) is 23.4 Å². The lowest BCUT2D eigenvalue weighted by atomic mass is 10.1. The number of benzene rings is 1. The van der Waals surface area contributed by atoms with Gasteiger partial charge in [-0.2, -0.15) is 18.2 Å². The number of hydrogen-bond donors (Lipinski definition) is 3. The number of halogens is 3. The summed E-state index contributed by atoms with van der Waals surface area (Å²) in [6.45, 7) is 1.62. The normalized spacial score (nSPS) is 18.0. The fourth-order valence-corrected chi connectivity index (χ4v) is 2.54. The van der Waals surface area contributed by atoms with E-state index in [1.54, 1.807) is 12.1 Å². The van der Waals surface area contributed by atoms with Crippen LogP contribution in [0.25, 0.3) is 0 Å². The predicted molar refractivity (Wildman–Crippen MR) is 87.5 cm³/mol. The zero-order valence-corrected chi connectivity index (χ0v) is 13.3. The van der Waals surface area contributed by atoms with Crippen LogP contribution in [0.15, 0.2) is 30.5 Å². The van der Waals surface area contributed by atoms with Crippen molar-refractivity contribution in [1.29, 1.82) is 0 Å². The van der Waals surface area contributed by atoms with E-state index in [2.05, 4.69) is 20.6 Å². The standard InChI is InChI=1S/C16H18F3N5O/c17-16(18,19)11-9-22-15(23-10-4-3-7-21-8-10)24-14(11)25-13-6-2-1-5-12(13)20/h1-2,5-6,9-10,21H,3-4,7-8,20H2,(H,22,23,24). The molecule has 4 N–H and O–H groups in total. The van der Waals surface area contributed by atoms with Crippen LogP contribution in [0, 0.1) is 0 Å². The Hall–Kier alpha value is -2.55. The molecule has 1 aromatic heterocycles. The summed E-state index contributed by atoms with van der Waals surface area (Å²) in [7, 11) is 0. The number of alkyl halides is 3. The second kappa shape index (κ2) is 7.14. The molecule has 134 valence electrons. The van der Waals surface area contributed by atoms with Gasteiger partial charge >= 0.3 is 6.18 Å². The van der Waals surface area contributed by atoms with Crippen molar-refractivity contribution < 1.29 is 17.9 Å². The van der Waals surface area contributed by atoms with E-state index in [1.807, 2.05) is 0 Å². The average Bonchev–Trinajstić information content (AvgIpc) is 2.57. The van der Waals surface area contributed by atoms with E-state index in [9.17, 15) is 13.2 Å². The molecule has 1 atom stereocenters. The van der Waals surface area contributed by atoms with E-state index in [0.717, 1.165) is 25.6 Å². The van der Waals surface area contributed by atoms with Crippen molar-refractivity contribution in [3.05, 3.63) is 36.0 Å². The van der Waals surface area contributed by atoms with E-state index in [1.165, 1.54) is 12.1 Å². The van der Waals surface area contributed by atoms with Gasteiger partial charge in [-0.3, -0.25) is 0 Å². The van der Waals surface area contributed by atoms with Crippen LogP contribution in [0.1, 0.15) is 18.4 Å². The molecule has 1 aliphatic heterocycles. The Balaban J connectivity index is 1.89. The minimum absolute atomic E-state index is 0.0557. The third-order valence-corrected chi connectivity index (χ3v) is 3.81. The SMILES string of the molecule is Nc1ccccc1Oc1nc(NC2CCCNC2)ncc1C(F)(F)F. The molecule has 1 fully saturated rings. The van der Waals surface area contributed by atoms with Crippen molar-refractivity contribution in [3.8, 4) is 11.6 Å². The first-order chi connectivity index (χ1) is 11.9. The Morgan fingerprint density at radius 3 is 2.76 bits per heavy atom. The summed E-state index contributed by atoms with van der Waals surface area (Å²) >= 11 is 0. The number of nitrogen functional groups attached to an aromatic ring is 1. The maximum Gasteiger partial charge on any atom is 0.423 e. The maximum absolute atomic E-state index is 13.2. The fourth-order valence-electron chi connectivity index (χ4n) is 2.54. The highest BCUT2D eigenvalue weighted by molar-refractivity contribution is 5.53. The molecule has 3 rings (SSSR count). The zero-order valence-electron chi connectivity index (χ0n) is 13.3. The third-order valence-electron chi connectivity index (χ3n) is 3.81. The molecule has 0 bridgehead atoms. The van der Waals surface area contributed by atoms with Crippen LogP contribution in [0.5, 0.6) is 11.6 Å². The first kappa shape index (κ1) is 17.3. The van der Waals surface area contributed by atoms with Crippen LogP contribution in [0.2, 0.25) is 0 Å². The molecule has 6 nitrogen and oxygen atoms in total. The largest absolute Gasteiger partial charge is 0.436 e. The van der Waals surface area contributed by atoms with Gasteiger partial charge in [-0.1, -0.05) is 12.1 Å². The van der Waals surface area contributed by atoms with Gasteiger partial charge in [0.05, 0.1) is 5.69 Å². The van der Waals surface area contributed by atoms with Crippen molar-refractivity contribution in [1.82, 2.24) is 15.3 Å². The minimum Gasteiger partial charge on any atom is -0.436 e. The van der Waals surface area contributed by atoms with Gasteiger partial charge in [0, 0.05) is 18.8 Å². The lowest BCUT2D eigenvalue weighted by Crippen LogP contribution is -2.38. The van der Waals surface area contributed by atoms with Crippen LogP contribution in [0.4, 0.5) is 24.8 Å². The van der Waals surface area contributed by atoms with Crippen LogP contribution in [-0.2, 0) is 6.18 Å². The van der Waals surface area contributed by atoms with E-state index in [0.29, 0.717) is 6.54 Å². The number of nitrogens with two attached hydrogens (primary N) is 1. The summed E-state index contributed by atoms with van der Waals surface area (Å²) in [6, 6.07) is 6.36. The zero-order chi connectivity index (χ0) is 17.9. The van der Waals surface area contributed by atoms with Gasteiger partial charge in [-0.15, -0.1) is 0 Å². The molecule has 0 radical (unpaired) electrons. The first-order valence-electron chi connectivity index (χ1n) is 7.87. The Kier molecular flexibility index (Phi) is 4.93. The molecular formula is C16H18F3N5O. The number of anilines is 2. The highest BCUT2D eigenvalue weighted by Gasteiger charge is 2.36. The second-order valence-corrected chi connectivity index (χ2v) is 5.74. The molecule has 0 saturated carbocycles. The minimum atomic E-state index is -4.64. The quantitative estimate of drug-likeness (QED) is 0.733. The second-order valence-electron chi connectivity index (χ2n) is 5.74. The summed E-state index contributed by atoms with van der Waals surface area (Å²) < 4.78 is 45.0. The van der Waals surface area contributed by atoms with Gasteiger partial charge in [-0.05, 0) is 31.5 Å². The summed E-state index contributed by atoms with van der Waals surface area (Å²) in [6.07, 6.45) is -2.05. The molecule has 9 heteroatoms. The molecule has 2 heterocycles. The highest BCUT2D eigenvalue weighted by Crippen LogP contribution is 2.38. The number of piperidine rings is 1. The van der Waals surface area contributed by atoms with Crippen molar-refractivity contribution in [2.75, 3.05) is 24.1 Å². The Morgan fingerprint density at radius 1 is 1.28 bits per heavy atom. The highest BCUT2D eigenvalue weighted by atomic mass is 19.4. The number of ether oxygens (including phenoxy) is 1. The predicted octanol–water partition coefficient (Wildman–Crippen LogP) is 3.03. The summed E-state index contributed by atoms with van der Waals surface area (Å²) in [5, 5.41) is 6.24. The summed E-state index contributed by atoms with van der Waals surface area (Å²) in [5.74, 6) is -0.380. The monoisotopic (exact) mass is 353 g/mol. The smallest absolute Gasteiger partial charge is 0.423 e. The van der Waals surface area contributed by atoms with Gasteiger partial charge in [-0.25, -0.2) is 4.98 Å². The van der Waals surface area contributed by atoms with E-state index < -0.39 is 17.6 Å². The number of rotatable bonds is 4. The fraction of sp³-hybridized carbons (Fsp3) is 0.375. The first-order valence-corrected chi connectivity index (χ1v) is 7.87. The van der Waals surface area contributed by atoms with Crippen LogP contribution >= 0.6 is 0 Å². The average molecular weight is 353 g/mol. The van der Waals surface area contributed by atoms with Crippen molar-refractivity contribution in [2.45, 2.75) is 25.1 Å². The molecule has 0 spiro atoms. The van der Waals surface area contributed by atoms with Crippen molar-refractivity contribution in [3.63, 3.8) is 0 Å². The molecule has 1 saturated heterocycles. The van der Waals surface area contributed by atoms with Crippen molar-refractivity contribution >= 4 is 11.6 Å². The lowest BCUT2D eigenvalue weighted by Gasteiger charge is -2.24. The molecule has 25 heavy (non-hydrogen) atoms. The number of nitrogens with one attached hydrogen (secondary N) is 2. The Morgan fingerprint density at radius 2 is 2.08 bits per heavy atom. The number of hydrogen-bond acceptors (Lipinski definition) is 6. The molecule has 2 aromatic rings. The van der Waals surface area contributed by atoms with Gasteiger partial charge in [0.15, 0.2) is 5.75 Å². The van der Waals surface area contributed by atoms with Crippen LogP contribution in [-0.4, -0.2) is 29.1 Å². The number of para-hydroxylation sites is 2. The maximum atomic E-state index is 13.2. The van der Waals surface area contributed by atoms with Crippen LogP contribution < -0.4 is 21.1 Å². The van der Waals surface area contributed by atoms with Gasteiger partial charge in [0.2, 0.25) is 11.8 Å². The van der Waals surface area contributed by atoms with Crippen LogP contribution in [0.3, 0.4) is 0 Å². The number of nitrogens with zero attached hydrogens (tertiary/aromatic N) is 2. The molecule has 1 unspecified atom stereocenters. The molecule has 0 aliphatic carbocycles. The van der Waals surface area contributed by atoms with E-state index >= 15 is 0 Å². The summed E-state index contributed by atoms with van der Waals surface area (Å²) in [5.41, 5.74) is 4.91. The van der Waals surface area contributed by atoms with Crippen molar-refractivity contribution in [2.24, 2.45) is 0 Å². The Labute approximate surface area is 142 Å². The lowest BCUT2D eigenvalue weighted by molar-refractivity contribution is -0.139. The third kappa shape index (κ3) is 4.30. The number of aromatic nitrogens is 2. The van der Waals surface area contributed by atoms with Gasteiger partial charge in [0.1, 0.15) is 5.56 Å². The molecular weight excluding hydrogens is 335 g/mol.